The molecule has 0 radical (unpaired) electrons. The molecule has 2 N–H and O–H groups in total. The van der Waals surface area contributed by atoms with Crippen LogP contribution in [0.5, 0.6) is 0 Å². The molecule has 2 rings (SSSR count). The molecule has 1 aromatic heterocycles. The topological polar surface area (TPSA) is 45.4 Å². The number of aliphatic hydroxyl groups is 1. The lowest BCUT2D eigenvalue weighted by Crippen LogP contribution is -2.39. The molecule has 0 aromatic carbocycles. The van der Waals surface area contributed by atoms with E-state index in [4.69, 9.17) is 4.42 Å². The molecule has 0 saturated heterocycles. The van der Waals surface area contributed by atoms with Crippen molar-refractivity contribution in [3.05, 3.63) is 23.7 Å². The van der Waals surface area contributed by atoms with Crippen LogP contribution in [0.15, 0.2) is 16.5 Å². The smallest absolute Gasteiger partial charge is 0.117 e. The molecule has 1 heterocycles. The summed E-state index contributed by atoms with van der Waals surface area (Å²) in [5.74, 6) is 2.36. The van der Waals surface area contributed by atoms with Crippen LogP contribution in [-0.4, -0.2) is 17.8 Å². The average molecular weight is 223 g/mol. The first-order valence-corrected chi connectivity index (χ1v) is 6.19. The molecule has 1 aromatic rings. The maximum absolute atomic E-state index is 9.30. The highest BCUT2D eigenvalue weighted by Crippen LogP contribution is 2.24. The van der Waals surface area contributed by atoms with Gasteiger partial charge in [0.15, 0.2) is 0 Å². The van der Waals surface area contributed by atoms with Crippen LogP contribution in [0, 0.1) is 12.8 Å². The van der Waals surface area contributed by atoms with Crippen LogP contribution in [0.3, 0.4) is 0 Å². The van der Waals surface area contributed by atoms with Crippen molar-refractivity contribution in [1.29, 1.82) is 0 Å². The SMILES string of the molecule is Cc1ccc(CNC2CCCCC2CO)o1. The first-order chi connectivity index (χ1) is 7.79. The van der Waals surface area contributed by atoms with Gasteiger partial charge in [-0.3, -0.25) is 0 Å². The summed E-state index contributed by atoms with van der Waals surface area (Å²) in [6.45, 7) is 3.03. The van der Waals surface area contributed by atoms with Gasteiger partial charge >= 0.3 is 0 Å². The number of nitrogens with one attached hydrogen (secondary N) is 1. The Balaban J connectivity index is 1.84. The van der Waals surface area contributed by atoms with Gasteiger partial charge in [0.2, 0.25) is 0 Å². The van der Waals surface area contributed by atoms with Crippen molar-refractivity contribution >= 4 is 0 Å². The fourth-order valence-electron chi connectivity index (χ4n) is 2.51. The second-order valence-corrected chi connectivity index (χ2v) is 4.73. The summed E-state index contributed by atoms with van der Waals surface area (Å²) < 4.78 is 5.52. The molecule has 90 valence electrons. The molecule has 16 heavy (non-hydrogen) atoms. The van der Waals surface area contributed by atoms with Crippen LogP contribution in [0.25, 0.3) is 0 Å². The minimum atomic E-state index is 0.300. The Morgan fingerprint density at radius 3 is 2.88 bits per heavy atom. The van der Waals surface area contributed by atoms with Crippen molar-refractivity contribution in [2.75, 3.05) is 6.61 Å². The van der Waals surface area contributed by atoms with Gasteiger partial charge in [-0.25, -0.2) is 0 Å². The Morgan fingerprint density at radius 2 is 2.19 bits per heavy atom. The van der Waals surface area contributed by atoms with Crippen molar-refractivity contribution in [2.24, 2.45) is 5.92 Å². The monoisotopic (exact) mass is 223 g/mol. The van der Waals surface area contributed by atoms with E-state index in [0.717, 1.165) is 24.5 Å². The Morgan fingerprint density at radius 1 is 1.38 bits per heavy atom. The number of furan rings is 1. The quantitative estimate of drug-likeness (QED) is 0.822. The Kier molecular flexibility index (Phi) is 4.02. The highest BCUT2D eigenvalue weighted by molar-refractivity contribution is 5.05. The van der Waals surface area contributed by atoms with Crippen LogP contribution >= 0.6 is 0 Å². The Bertz CT molecular complexity index is 321. The third-order valence-corrected chi connectivity index (χ3v) is 3.48. The van der Waals surface area contributed by atoms with Crippen LogP contribution in [0.2, 0.25) is 0 Å². The Labute approximate surface area is 96.8 Å². The fraction of sp³-hybridized carbons (Fsp3) is 0.692. The number of rotatable bonds is 4. The molecule has 1 saturated carbocycles. The lowest BCUT2D eigenvalue weighted by atomic mass is 9.85. The molecule has 2 atom stereocenters. The normalized spacial score (nSPS) is 25.9. The van der Waals surface area contributed by atoms with Gasteiger partial charge in [-0.05, 0) is 37.8 Å². The Hall–Kier alpha value is -0.800. The predicted molar refractivity (Wildman–Crippen MR) is 63.1 cm³/mol. The predicted octanol–water partition coefficient (Wildman–Crippen LogP) is 2.23. The summed E-state index contributed by atoms with van der Waals surface area (Å²) in [5.41, 5.74) is 0. The molecule has 0 bridgehead atoms. The van der Waals surface area contributed by atoms with E-state index in [9.17, 15) is 5.11 Å². The van der Waals surface area contributed by atoms with E-state index >= 15 is 0 Å². The highest BCUT2D eigenvalue weighted by Gasteiger charge is 2.23. The van der Waals surface area contributed by atoms with Crippen molar-refractivity contribution in [2.45, 2.75) is 45.2 Å². The molecule has 2 unspecified atom stereocenters. The van der Waals surface area contributed by atoms with Crippen LogP contribution < -0.4 is 5.32 Å². The van der Waals surface area contributed by atoms with Gasteiger partial charge in [0.1, 0.15) is 11.5 Å². The maximum atomic E-state index is 9.30. The lowest BCUT2D eigenvalue weighted by molar-refractivity contribution is 0.151. The lowest BCUT2D eigenvalue weighted by Gasteiger charge is -2.30. The van der Waals surface area contributed by atoms with Crippen molar-refractivity contribution in [3.8, 4) is 0 Å². The molecule has 3 nitrogen and oxygen atoms in total. The summed E-state index contributed by atoms with van der Waals surface area (Å²) in [4.78, 5) is 0. The minimum absolute atomic E-state index is 0.300. The summed E-state index contributed by atoms with van der Waals surface area (Å²) in [6, 6.07) is 4.45. The minimum Gasteiger partial charge on any atom is -0.465 e. The van der Waals surface area contributed by atoms with Gasteiger partial charge in [0, 0.05) is 12.6 Å². The van der Waals surface area contributed by atoms with E-state index in [2.05, 4.69) is 5.32 Å². The van der Waals surface area contributed by atoms with E-state index in [1.54, 1.807) is 0 Å². The van der Waals surface area contributed by atoms with E-state index < -0.39 is 0 Å². The zero-order valence-corrected chi connectivity index (χ0v) is 9.91. The first kappa shape index (κ1) is 11.7. The van der Waals surface area contributed by atoms with E-state index in [1.807, 2.05) is 19.1 Å². The number of hydrogen-bond acceptors (Lipinski definition) is 3. The average Bonchev–Trinajstić information content (AvgIpc) is 2.73. The van der Waals surface area contributed by atoms with Gasteiger partial charge in [0.25, 0.3) is 0 Å². The van der Waals surface area contributed by atoms with Crippen LogP contribution in [-0.2, 0) is 6.54 Å². The van der Waals surface area contributed by atoms with Crippen molar-refractivity contribution < 1.29 is 9.52 Å². The fourth-order valence-corrected chi connectivity index (χ4v) is 2.51. The molecule has 1 fully saturated rings. The summed E-state index contributed by atoms with van der Waals surface area (Å²) in [5, 5.41) is 12.8. The highest BCUT2D eigenvalue weighted by atomic mass is 16.3. The zero-order chi connectivity index (χ0) is 11.4. The molecular formula is C13H21NO2. The van der Waals surface area contributed by atoms with Gasteiger partial charge in [0.05, 0.1) is 6.54 Å². The molecular weight excluding hydrogens is 202 g/mol. The van der Waals surface area contributed by atoms with Gasteiger partial charge in [-0.15, -0.1) is 0 Å². The van der Waals surface area contributed by atoms with Crippen molar-refractivity contribution in [1.82, 2.24) is 5.32 Å². The van der Waals surface area contributed by atoms with E-state index in [0.29, 0.717) is 18.6 Å². The van der Waals surface area contributed by atoms with Crippen LogP contribution in [0.1, 0.15) is 37.2 Å². The van der Waals surface area contributed by atoms with Gasteiger partial charge in [-0.1, -0.05) is 12.8 Å². The number of aliphatic hydroxyl groups excluding tert-OH is 1. The van der Waals surface area contributed by atoms with E-state index in [-0.39, 0.29) is 0 Å². The van der Waals surface area contributed by atoms with Crippen LogP contribution in [0.4, 0.5) is 0 Å². The van der Waals surface area contributed by atoms with Crippen molar-refractivity contribution in [3.63, 3.8) is 0 Å². The summed E-state index contributed by atoms with van der Waals surface area (Å²) in [6.07, 6.45) is 4.84. The van der Waals surface area contributed by atoms with Gasteiger partial charge < -0.3 is 14.8 Å². The maximum Gasteiger partial charge on any atom is 0.117 e. The second-order valence-electron chi connectivity index (χ2n) is 4.73. The molecule has 1 aliphatic rings. The number of hydrogen-bond donors (Lipinski definition) is 2. The van der Waals surface area contributed by atoms with E-state index in [1.165, 1.54) is 19.3 Å². The second kappa shape index (κ2) is 5.51. The molecule has 0 amide bonds. The first-order valence-electron chi connectivity index (χ1n) is 6.19. The zero-order valence-electron chi connectivity index (χ0n) is 9.91. The largest absolute Gasteiger partial charge is 0.465 e. The molecule has 3 heteroatoms. The number of aryl methyl sites for hydroxylation is 1. The third-order valence-electron chi connectivity index (χ3n) is 3.48. The standard InChI is InChI=1S/C13H21NO2/c1-10-6-7-12(16-10)8-14-13-5-3-2-4-11(13)9-15/h6-7,11,13-15H,2-5,8-9H2,1H3. The third kappa shape index (κ3) is 2.86. The van der Waals surface area contributed by atoms with Gasteiger partial charge in [-0.2, -0.15) is 0 Å². The molecule has 1 aliphatic carbocycles. The summed E-state index contributed by atoms with van der Waals surface area (Å²) in [7, 11) is 0. The molecule has 0 aliphatic heterocycles. The summed E-state index contributed by atoms with van der Waals surface area (Å²) >= 11 is 0. The molecule has 0 spiro atoms.